The highest BCUT2D eigenvalue weighted by molar-refractivity contribution is 6.56. The number of ether oxygens (including phenoxy) is 1. The van der Waals surface area contributed by atoms with Gasteiger partial charge in [0.2, 0.25) is 0 Å². The lowest BCUT2D eigenvalue weighted by Gasteiger charge is -2.47. The van der Waals surface area contributed by atoms with E-state index in [0.717, 1.165) is 33.6 Å². The van der Waals surface area contributed by atoms with Gasteiger partial charge < -0.3 is 9.64 Å². The maximum Gasteiger partial charge on any atom is 0.153 e. The minimum atomic E-state index is -0.232. The summed E-state index contributed by atoms with van der Waals surface area (Å²) in [7, 11) is 1.67. The summed E-state index contributed by atoms with van der Waals surface area (Å²) in [6.45, 7) is 12.6. The van der Waals surface area contributed by atoms with Crippen molar-refractivity contribution in [3.63, 3.8) is 0 Å². The van der Waals surface area contributed by atoms with Crippen molar-refractivity contribution < 1.29 is 4.74 Å². The van der Waals surface area contributed by atoms with Crippen LogP contribution in [0.4, 0.5) is 5.69 Å². The van der Waals surface area contributed by atoms with Crippen molar-refractivity contribution in [1.29, 1.82) is 0 Å². The minimum absolute atomic E-state index is 0.0857. The van der Waals surface area contributed by atoms with E-state index in [1.54, 1.807) is 7.11 Å². The monoisotopic (exact) mass is 411 g/mol. The summed E-state index contributed by atoms with van der Waals surface area (Å²) >= 11 is 6.61. The molecule has 2 aromatic rings. The van der Waals surface area contributed by atoms with Crippen LogP contribution >= 0.6 is 11.6 Å². The Labute approximate surface area is 179 Å². The quantitative estimate of drug-likeness (QED) is 0.590. The van der Waals surface area contributed by atoms with Crippen LogP contribution in [0.5, 0.6) is 5.75 Å². The first-order valence-electron chi connectivity index (χ1n) is 9.88. The number of benzene rings is 2. The Morgan fingerprint density at radius 1 is 0.862 bits per heavy atom. The number of amidine groups is 1. The highest BCUT2D eigenvalue weighted by Gasteiger charge is 2.45. The maximum atomic E-state index is 6.61. The molecule has 0 aliphatic carbocycles. The molecule has 3 rings (SSSR count). The minimum Gasteiger partial charge on any atom is -0.497 e. The van der Waals surface area contributed by atoms with Gasteiger partial charge in [0, 0.05) is 10.7 Å². The number of hydrogen-bond donors (Lipinski definition) is 0. The third kappa shape index (κ3) is 4.81. The third-order valence-corrected chi connectivity index (χ3v) is 4.77. The Hall–Kier alpha value is -2.33. The average molecular weight is 412 g/mol. The van der Waals surface area contributed by atoms with Gasteiger partial charge in [-0.25, -0.2) is 0 Å². The molecular formula is C24H30ClN3O. The van der Waals surface area contributed by atoms with Gasteiger partial charge in [0.1, 0.15) is 17.5 Å². The van der Waals surface area contributed by atoms with Gasteiger partial charge >= 0.3 is 0 Å². The Morgan fingerprint density at radius 3 is 1.97 bits per heavy atom. The van der Waals surface area contributed by atoms with Crippen LogP contribution in [0.25, 0.3) is 0 Å². The maximum absolute atomic E-state index is 6.61. The van der Waals surface area contributed by atoms with Crippen LogP contribution in [-0.4, -0.2) is 29.7 Å². The molecule has 0 radical (unpaired) electrons. The van der Waals surface area contributed by atoms with E-state index in [1.165, 1.54) is 0 Å². The van der Waals surface area contributed by atoms with Crippen molar-refractivity contribution in [3.05, 3.63) is 59.1 Å². The molecule has 1 heterocycles. The first-order valence-corrected chi connectivity index (χ1v) is 10.3. The molecule has 1 saturated heterocycles. The zero-order chi connectivity index (χ0) is 21.4. The summed E-state index contributed by atoms with van der Waals surface area (Å²) < 4.78 is 5.33. The number of anilines is 1. The molecule has 1 fully saturated rings. The predicted molar refractivity (Wildman–Crippen MR) is 124 cm³/mol. The van der Waals surface area contributed by atoms with Crippen LogP contribution in [0.2, 0.25) is 5.02 Å². The van der Waals surface area contributed by atoms with Crippen molar-refractivity contribution in [2.75, 3.05) is 12.0 Å². The summed E-state index contributed by atoms with van der Waals surface area (Å²) in [5, 5.41) is 0.729. The fourth-order valence-electron chi connectivity index (χ4n) is 3.32. The van der Waals surface area contributed by atoms with Crippen molar-refractivity contribution in [1.82, 2.24) is 0 Å². The molecule has 0 saturated carbocycles. The molecule has 0 aromatic heterocycles. The molecule has 1 aliphatic rings. The Kier molecular flexibility index (Phi) is 5.77. The van der Waals surface area contributed by atoms with Crippen LogP contribution in [0.15, 0.2) is 58.5 Å². The Balaban J connectivity index is 2.20. The molecule has 1 unspecified atom stereocenters. The SMILES string of the molecule is COc1ccc(N2C(=NC(C)(C)C)C(=NC(C)(C)C)C2c2ccccc2Cl)cc1. The fraction of sp³-hybridized carbons (Fsp3) is 0.417. The molecular weight excluding hydrogens is 382 g/mol. The van der Waals surface area contributed by atoms with Crippen LogP contribution in [-0.2, 0) is 0 Å². The fourth-order valence-corrected chi connectivity index (χ4v) is 3.56. The van der Waals surface area contributed by atoms with Crippen LogP contribution in [0.3, 0.4) is 0 Å². The molecule has 29 heavy (non-hydrogen) atoms. The summed E-state index contributed by atoms with van der Waals surface area (Å²) in [6, 6.07) is 15.9. The second-order valence-corrected chi connectivity index (χ2v) is 9.67. The van der Waals surface area contributed by atoms with Gasteiger partial charge in [-0.3, -0.25) is 9.98 Å². The second-order valence-electron chi connectivity index (χ2n) is 9.27. The van der Waals surface area contributed by atoms with E-state index >= 15 is 0 Å². The standard InChI is InChI=1S/C24H30ClN3O/c1-23(2,3)26-20-21(18-10-8-9-11-19(18)25)28(22(20)27-24(4,5)6)16-12-14-17(29-7)15-13-16/h8-15,21H,1-7H3. The molecule has 154 valence electrons. The topological polar surface area (TPSA) is 37.2 Å². The molecule has 0 amide bonds. The van der Waals surface area contributed by atoms with Crippen molar-refractivity contribution >= 4 is 28.8 Å². The number of aliphatic imine (C=N–C) groups is 2. The molecule has 0 spiro atoms. The Bertz CT molecular complexity index is 934. The first-order chi connectivity index (χ1) is 13.5. The van der Waals surface area contributed by atoms with Gasteiger partial charge in [-0.05, 0) is 77.4 Å². The van der Waals surface area contributed by atoms with Crippen LogP contribution < -0.4 is 9.64 Å². The molecule has 0 bridgehead atoms. The molecule has 0 N–H and O–H groups in total. The lowest BCUT2D eigenvalue weighted by atomic mass is 9.88. The average Bonchev–Trinajstić information content (AvgIpc) is 2.62. The van der Waals surface area contributed by atoms with Crippen molar-refractivity contribution in [2.24, 2.45) is 9.98 Å². The Morgan fingerprint density at radius 2 is 1.45 bits per heavy atom. The molecule has 1 aliphatic heterocycles. The van der Waals surface area contributed by atoms with Gasteiger partial charge in [-0.2, -0.15) is 0 Å². The largest absolute Gasteiger partial charge is 0.497 e. The van der Waals surface area contributed by atoms with Gasteiger partial charge in [0.15, 0.2) is 5.84 Å². The molecule has 1 atom stereocenters. The van der Waals surface area contributed by atoms with Crippen molar-refractivity contribution in [2.45, 2.75) is 58.7 Å². The van der Waals surface area contributed by atoms with Crippen LogP contribution in [0, 0.1) is 0 Å². The normalized spacial score (nSPS) is 20.1. The van der Waals surface area contributed by atoms with E-state index in [1.807, 2.05) is 30.3 Å². The number of methoxy groups -OCH3 is 1. The third-order valence-electron chi connectivity index (χ3n) is 4.42. The number of halogens is 1. The lowest BCUT2D eigenvalue weighted by Crippen LogP contribution is -2.58. The summed E-state index contributed by atoms with van der Waals surface area (Å²) in [6.07, 6.45) is 0. The van der Waals surface area contributed by atoms with Gasteiger partial charge in [0.25, 0.3) is 0 Å². The zero-order valence-corrected chi connectivity index (χ0v) is 19.1. The van der Waals surface area contributed by atoms with E-state index in [0.29, 0.717) is 0 Å². The molecule has 4 nitrogen and oxygen atoms in total. The highest BCUT2D eigenvalue weighted by Crippen LogP contribution is 2.42. The molecule has 5 heteroatoms. The number of rotatable bonds is 3. The predicted octanol–water partition coefficient (Wildman–Crippen LogP) is 6.35. The van der Waals surface area contributed by atoms with E-state index in [2.05, 4.69) is 64.6 Å². The lowest BCUT2D eigenvalue weighted by molar-refractivity contribution is 0.415. The molecule has 2 aromatic carbocycles. The number of nitrogens with zero attached hydrogens (tertiary/aromatic N) is 3. The van der Waals surface area contributed by atoms with E-state index < -0.39 is 0 Å². The second kappa shape index (κ2) is 7.83. The highest BCUT2D eigenvalue weighted by atomic mass is 35.5. The first kappa shape index (κ1) is 21.4. The van der Waals surface area contributed by atoms with Gasteiger partial charge in [-0.1, -0.05) is 29.8 Å². The van der Waals surface area contributed by atoms with Gasteiger partial charge in [-0.15, -0.1) is 0 Å². The van der Waals surface area contributed by atoms with E-state index in [9.17, 15) is 0 Å². The van der Waals surface area contributed by atoms with Gasteiger partial charge in [0.05, 0.1) is 18.2 Å². The summed E-state index contributed by atoms with van der Waals surface area (Å²) in [5.74, 6) is 1.71. The van der Waals surface area contributed by atoms with Crippen LogP contribution in [0.1, 0.15) is 53.1 Å². The smallest absolute Gasteiger partial charge is 0.153 e. The van der Waals surface area contributed by atoms with E-state index in [4.69, 9.17) is 26.3 Å². The van der Waals surface area contributed by atoms with Crippen molar-refractivity contribution in [3.8, 4) is 5.75 Å². The summed E-state index contributed by atoms with van der Waals surface area (Å²) in [5.41, 5.74) is 2.58. The van der Waals surface area contributed by atoms with E-state index in [-0.39, 0.29) is 17.1 Å². The zero-order valence-electron chi connectivity index (χ0n) is 18.3. The number of hydrogen-bond acceptors (Lipinski definition) is 3. The summed E-state index contributed by atoms with van der Waals surface area (Å²) in [4.78, 5) is 12.3.